The number of hydrogen-bond donors (Lipinski definition) is 2. The first-order chi connectivity index (χ1) is 11.9. The third-order valence-corrected chi connectivity index (χ3v) is 4.39. The number of anilines is 2. The van der Waals surface area contributed by atoms with Crippen molar-refractivity contribution >= 4 is 39.2 Å². The molecule has 0 saturated carbocycles. The van der Waals surface area contributed by atoms with E-state index >= 15 is 0 Å². The predicted molar refractivity (Wildman–Crippen MR) is 104 cm³/mol. The Hall–Kier alpha value is -2.34. The van der Waals surface area contributed by atoms with Gasteiger partial charge in [0.15, 0.2) is 0 Å². The number of rotatable bonds is 7. The molecule has 0 heterocycles. The summed E-state index contributed by atoms with van der Waals surface area (Å²) in [6.07, 6.45) is 2.06. The smallest absolute Gasteiger partial charge is 0.335 e. The van der Waals surface area contributed by atoms with Gasteiger partial charge in [0.1, 0.15) is 0 Å². The van der Waals surface area contributed by atoms with E-state index in [0.717, 1.165) is 29.5 Å². The summed E-state index contributed by atoms with van der Waals surface area (Å²) in [5.74, 6) is -1.30. The van der Waals surface area contributed by atoms with Gasteiger partial charge in [0.05, 0.1) is 16.9 Å². The topological polar surface area (TPSA) is 69.6 Å². The third-order valence-electron chi connectivity index (χ3n) is 3.86. The van der Waals surface area contributed by atoms with Gasteiger partial charge < -0.3 is 15.3 Å². The van der Waals surface area contributed by atoms with Crippen molar-refractivity contribution in [1.29, 1.82) is 0 Å². The standard InChI is InChI=1S/C19H21BrN2O3/c1-3-4-11-22(2)17-10-7-14(19(24)25)12-16(17)21-18(23)13-5-8-15(20)9-6-13/h5-10,12H,3-4,11H2,1-2H3,(H,21,23)(H,24,25). The number of nitrogens with one attached hydrogen (secondary N) is 1. The number of hydrogen-bond acceptors (Lipinski definition) is 3. The molecule has 6 heteroatoms. The molecule has 0 radical (unpaired) electrons. The summed E-state index contributed by atoms with van der Waals surface area (Å²) < 4.78 is 0.886. The van der Waals surface area contributed by atoms with Crippen LogP contribution in [-0.4, -0.2) is 30.6 Å². The fraction of sp³-hybridized carbons (Fsp3) is 0.263. The third kappa shape index (κ3) is 5.06. The van der Waals surface area contributed by atoms with Crippen molar-refractivity contribution < 1.29 is 14.7 Å². The quantitative estimate of drug-likeness (QED) is 0.705. The molecule has 0 spiro atoms. The van der Waals surface area contributed by atoms with Gasteiger partial charge in [-0.25, -0.2) is 4.79 Å². The van der Waals surface area contributed by atoms with Crippen LogP contribution >= 0.6 is 15.9 Å². The molecule has 0 aromatic heterocycles. The number of unbranched alkanes of at least 4 members (excludes halogenated alkanes) is 1. The average Bonchev–Trinajstić information content (AvgIpc) is 2.60. The Morgan fingerprint density at radius 3 is 2.36 bits per heavy atom. The van der Waals surface area contributed by atoms with Gasteiger partial charge in [0.2, 0.25) is 0 Å². The van der Waals surface area contributed by atoms with Crippen molar-refractivity contribution in [1.82, 2.24) is 0 Å². The predicted octanol–water partition coefficient (Wildman–Crippen LogP) is 4.64. The largest absolute Gasteiger partial charge is 0.478 e. The van der Waals surface area contributed by atoms with E-state index in [1.54, 1.807) is 36.4 Å². The zero-order valence-corrected chi connectivity index (χ0v) is 15.8. The number of carbonyl (C=O) groups is 2. The lowest BCUT2D eigenvalue weighted by Crippen LogP contribution is -2.22. The molecule has 25 heavy (non-hydrogen) atoms. The molecule has 0 fully saturated rings. The van der Waals surface area contributed by atoms with Gasteiger partial charge in [-0.05, 0) is 48.9 Å². The van der Waals surface area contributed by atoms with E-state index in [-0.39, 0.29) is 11.5 Å². The minimum Gasteiger partial charge on any atom is -0.478 e. The normalized spacial score (nSPS) is 10.4. The fourth-order valence-electron chi connectivity index (χ4n) is 2.41. The van der Waals surface area contributed by atoms with Crippen LogP contribution in [0.3, 0.4) is 0 Å². The van der Waals surface area contributed by atoms with Gasteiger partial charge in [-0.15, -0.1) is 0 Å². The highest BCUT2D eigenvalue weighted by Crippen LogP contribution is 2.27. The number of nitrogens with zero attached hydrogens (tertiary/aromatic N) is 1. The number of carboxylic acids is 1. The lowest BCUT2D eigenvalue weighted by atomic mass is 10.1. The van der Waals surface area contributed by atoms with Crippen molar-refractivity contribution in [3.8, 4) is 0 Å². The number of aromatic carboxylic acids is 1. The Bertz CT molecular complexity index is 760. The van der Waals surface area contributed by atoms with Crippen LogP contribution < -0.4 is 10.2 Å². The van der Waals surface area contributed by atoms with Crippen LogP contribution in [0.5, 0.6) is 0 Å². The van der Waals surface area contributed by atoms with Crippen LogP contribution in [0, 0.1) is 0 Å². The van der Waals surface area contributed by atoms with Gasteiger partial charge in [0, 0.05) is 23.6 Å². The Labute approximate surface area is 155 Å². The Morgan fingerprint density at radius 1 is 1.12 bits per heavy atom. The maximum Gasteiger partial charge on any atom is 0.335 e. The molecule has 0 unspecified atom stereocenters. The monoisotopic (exact) mass is 404 g/mol. The van der Waals surface area contributed by atoms with Crippen LogP contribution in [0.15, 0.2) is 46.9 Å². The number of carboxylic acid groups (broad SMARTS) is 1. The minimum absolute atomic E-state index is 0.138. The molecule has 0 aliphatic carbocycles. The molecular formula is C19H21BrN2O3. The van der Waals surface area contributed by atoms with Crippen molar-refractivity contribution in [2.24, 2.45) is 0 Å². The van der Waals surface area contributed by atoms with Crippen LogP contribution in [-0.2, 0) is 0 Å². The zero-order chi connectivity index (χ0) is 18.4. The van der Waals surface area contributed by atoms with E-state index < -0.39 is 5.97 Å². The van der Waals surface area contributed by atoms with E-state index in [9.17, 15) is 14.7 Å². The number of benzene rings is 2. The SMILES string of the molecule is CCCCN(C)c1ccc(C(=O)O)cc1NC(=O)c1ccc(Br)cc1. The molecule has 0 aliphatic rings. The number of carbonyl (C=O) groups excluding carboxylic acids is 1. The van der Waals surface area contributed by atoms with Crippen molar-refractivity contribution in [2.45, 2.75) is 19.8 Å². The van der Waals surface area contributed by atoms with Crippen LogP contribution in [0.4, 0.5) is 11.4 Å². The van der Waals surface area contributed by atoms with Gasteiger partial charge in [-0.1, -0.05) is 29.3 Å². The molecule has 2 aromatic carbocycles. The van der Waals surface area contributed by atoms with Gasteiger partial charge in [-0.3, -0.25) is 4.79 Å². The van der Waals surface area contributed by atoms with Gasteiger partial charge >= 0.3 is 5.97 Å². The molecule has 2 N–H and O–H groups in total. The molecule has 0 saturated heterocycles. The maximum atomic E-state index is 12.5. The van der Waals surface area contributed by atoms with E-state index in [1.165, 1.54) is 6.07 Å². The highest BCUT2D eigenvalue weighted by molar-refractivity contribution is 9.10. The lowest BCUT2D eigenvalue weighted by molar-refractivity contribution is 0.0696. The van der Waals surface area contributed by atoms with E-state index in [1.807, 2.05) is 11.9 Å². The summed E-state index contributed by atoms with van der Waals surface area (Å²) in [7, 11) is 1.93. The average molecular weight is 405 g/mol. The van der Waals surface area contributed by atoms with E-state index in [2.05, 4.69) is 28.2 Å². The molecule has 0 aliphatic heterocycles. The zero-order valence-electron chi connectivity index (χ0n) is 14.3. The van der Waals surface area contributed by atoms with Gasteiger partial charge in [-0.2, -0.15) is 0 Å². The second-order valence-electron chi connectivity index (χ2n) is 5.77. The first-order valence-electron chi connectivity index (χ1n) is 8.07. The molecule has 132 valence electrons. The van der Waals surface area contributed by atoms with Crippen molar-refractivity contribution in [3.63, 3.8) is 0 Å². The second-order valence-corrected chi connectivity index (χ2v) is 6.69. The van der Waals surface area contributed by atoms with Crippen LogP contribution in [0.2, 0.25) is 0 Å². The van der Waals surface area contributed by atoms with E-state index in [4.69, 9.17) is 0 Å². The summed E-state index contributed by atoms with van der Waals surface area (Å²) in [5, 5.41) is 12.1. The summed E-state index contributed by atoms with van der Waals surface area (Å²) in [5.41, 5.74) is 1.93. The minimum atomic E-state index is -1.03. The number of halogens is 1. The Kier molecular flexibility index (Phi) is 6.58. The molecule has 0 atom stereocenters. The summed E-state index contributed by atoms with van der Waals surface area (Å²) in [6.45, 7) is 2.93. The Morgan fingerprint density at radius 2 is 1.76 bits per heavy atom. The second kappa shape index (κ2) is 8.67. The molecule has 1 amide bonds. The highest BCUT2D eigenvalue weighted by atomic mass is 79.9. The first kappa shape index (κ1) is 19.0. The summed E-state index contributed by atoms with van der Waals surface area (Å²) in [4.78, 5) is 25.8. The molecule has 5 nitrogen and oxygen atoms in total. The molecule has 2 rings (SSSR count). The molecular weight excluding hydrogens is 384 g/mol. The van der Waals surface area contributed by atoms with Gasteiger partial charge in [0.25, 0.3) is 5.91 Å². The molecule has 2 aromatic rings. The van der Waals surface area contributed by atoms with Crippen LogP contribution in [0.1, 0.15) is 40.5 Å². The Balaban J connectivity index is 2.31. The first-order valence-corrected chi connectivity index (χ1v) is 8.87. The van der Waals surface area contributed by atoms with E-state index in [0.29, 0.717) is 11.3 Å². The molecule has 0 bridgehead atoms. The highest BCUT2D eigenvalue weighted by Gasteiger charge is 2.15. The number of amides is 1. The fourth-order valence-corrected chi connectivity index (χ4v) is 2.68. The summed E-state index contributed by atoms with van der Waals surface area (Å²) >= 11 is 3.34. The van der Waals surface area contributed by atoms with Crippen molar-refractivity contribution in [2.75, 3.05) is 23.8 Å². The van der Waals surface area contributed by atoms with Crippen molar-refractivity contribution in [3.05, 3.63) is 58.1 Å². The lowest BCUT2D eigenvalue weighted by Gasteiger charge is -2.23. The van der Waals surface area contributed by atoms with Crippen LogP contribution in [0.25, 0.3) is 0 Å². The summed E-state index contributed by atoms with van der Waals surface area (Å²) in [6, 6.07) is 11.8. The maximum absolute atomic E-state index is 12.5.